The summed E-state index contributed by atoms with van der Waals surface area (Å²) in [6.07, 6.45) is 0. The summed E-state index contributed by atoms with van der Waals surface area (Å²) in [7, 11) is 3.45. The topological polar surface area (TPSA) is 26.0 Å². The van der Waals surface area contributed by atoms with Crippen LogP contribution < -0.4 is 5.19 Å². The van der Waals surface area contributed by atoms with E-state index in [0.29, 0.717) is 5.89 Å². The Hall–Kier alpha value is -1.87. The molecule has 16 heavy (non-hydrogen) atoms. The highest BCUT2D eigenvalue weighted by molar-refractivity contribution is 6.32. The standard InChI is InChI=1S/C13H8NOSi/c16-10-7-5-9(6-8-10)13-14-11-3-1-2-4-12(11)15-13/h1-8H. The Morgan fingerprint density at radius 2 is 1.69 bits per heavy atom. The van der Waals surface area contributed by atoms with E-state index in [1.165, 1.54) is 0 Å². The summed E-state index contributed by atoms with van der Waals surface area (Å²) in [5, 5.41) is 1.04. The number of aromatic nitrogens is 1. The van der Waals surface area contributed by atoms with Crippen LogP contribution in [0, 0.1) is 0 Å². The molecular formula is C13H8NOSi. The summed E-state index contributed by atoms with van der Waals surface area (Å²) in [4.78, 5) is 4.43. The van der Waals surface area contributed by atoms with Crippen LogP contribution in [0.3, 0.4) is 0 Å². The monoisotopic (exact) mass is 222 g/mol. The maximum atomic E-state index is 5.67. The Bertz CT molecular complexity index is 595. The van der Waals surface area contributed by atoms with E-state index in [4.69, 9.17) is 4.42 Å². The van der Waals surface area contributed by atoms with Crippen LogP contribution >= 0.6 is 0 Å². The SMILES string of the molecule is [Si]c1ccc(-c2nc3ccccc3o2)cc1. The molecule has 3 rings (SSSR count). The maximum Gasteiger partial charge on any atom is 0.227 e. The Morgan fingerprint density at radius 1 is 0.938 bits per heavy atom. The van der Waals surface area contributed by atoms with Gasteiger partial charge in [0.15, 0.2) is 5.58 Å². The van der Waals surface area contributed by atoms with Crippen LogP contribution in [0.1, 0.15) is 0 Å². The molecule has 0 saturated carbocycles. The molecule has 2 aromatic carbocycles. The van der Waals surface area contributed by atoms with Gasteiger partial charge in [-0.1, -0.05) is 29.5 Å². The molecule has 3 radical (unpaired) electrons. The van der Waals surface area contributed by atoms with Crippen molar-refractivity contribution in [3.05, 3.63) is 48.5 Å². The van der Waals surface area contributed by atoms with Crippen molar-refractivity contribution in [3.8, 4) is 11.5 Å². The fourth-order valence-corrected chi connectivity index (χ4v) is 1.78. The van der Waals surface area contributed by atoms with E-state index in [1.54, 1.807) is 0 Å². The van der Waals surface area contributed by atoms with Crippen LogP contribution in [0.5, 0.6) is 0 Å². The van der Waals surface area contributed by atoms with E-state index < -0.39 is 0 Å². The first-order valence-electron chi connectivity index (χ1n) is 5.00. The van der Waals surface area contributed by atoms with Crippen molar-refractivity contribution in [1.29, 1.82) is 0 Å². The van der Waals surface area contributed by atoms with E-state index in [-0.39, 0.29) is 0 Å². The number of nitrogens with zero attached hydrogens (tertiary/aromatic N) is 1. The van der Waals surface area contributed by atoms with Gasteiger partial charge in [-0.3, -0.25) is 0 Å². The molecule has 0 fully saturated rings. The molecular weight excluding hydrogens is 214 g/mol. The Balaban J connectivity index is 2.15. The molecule has 0 unspecified atom stereocenters. The summed E-state index contributed by atoms with van der Waals surface area (Å²) >= 11 is 0. The van der Waals surface area contributed by atoms with Gasteiger partial charge in [0, 0.05) is 5.56 Å². The van der Waals surface area contributed by atoms with Crippen molar-refractivity contribution in [3.63, 3.8) is 0 Å². The van der Waals surface area contributed by atoms with Crippen LogP contribution in [0.2, 0.25) is 0 Å². The lowest BCUT2D eigenvalue weighted by molar-refractivity contribution is 0.620. The van der Waals surface area contributed by atoms with Crippen LogP contribution in [0.15, 0.2) is 52.9 Å². The van der Waals surface area contributed by atoms with E-state index in [2.05, 4.69) is 15.2 Å². The molecule has 0 aliphatic rings. The van der Waals surface area contributed by atoms with Gasteiger partial charge >= 0.3 is 0 Å². The van der Waals surface area contributed by atoms with Crippen LogP contribution in [0.25, 0.3) is 22.6 Å². The molecule has 3 aromatic rings. The van der Waals surface area contributed by atoms with Crippen LogP contribution in [-0.4, -0.2) is 15.2 Å². The molecule has 2 nitrogen and oxygen atoms in total. The lowest BCUT2D eigenvalue weighted by Crippen LogP contribution is -1.99. The molecule has 0 aliphatic carbocycles. The second-order valence-corrected chi connectivity index (χ2v) is 4.14. The predicted molar refractivity (Wildman–Crippen MR) is 64.8 cm³/mol. The van der Waals surface area contributed by atoms with Gasteiger partial charge in [-0.25, -0.2) is 4.98 Å². The zero-order chi connectivity index (χ0) is 11.0. The Labute approximate surface area is 96.4 Å². The zero-order valence-electron chi connectivity index (χ0n) is 8.47. The molecule has 75 valence electrons. The average Bonchev–Trinajstić information content (AvgIpc) is 2.73. The van der Waals surface area contributed by atoms with Crippen molar-refractivity contribution >= 4 is 26.5 Å². The first-order valence-corrected chi connectivity index (χ1v) is 5.50. The number of rotatable bonds is 1. The average molecular weight is 222 g/mol. The summed E-state index contributed by atoms with van der Waals surface area (Å²) in [6.45, 7) is 0. The van der Waals surface area contributed by atoms with E-state index in [9.17, 15) is 0 Å². The Kier molecular flexibility index (Phi) is 2.11. The molecule has 1 aromatic heterocycles. The normalized spacial score (nSPS) is 10.8. The van der Waals surface area contributed by atoms with Crippen molar-refractivity contribution < 1.29 is 4.42 Å². The summed E-state index contributed by atoms with van der Waals surface area (Å²) in [5.74, 6) is 0.660. The molecule has 0 amide bonds. The molecule has 0 aliphatic heterocycles. The van der Waals surface area contributed by atoms with E-state index in [1.807, 2.05) is 48.5 Å². The summed E-state index contributed by atoms with van der Waals surface area (Å²) < 4.78 is 5.67. The highest BCUT2D eigenvalue weighted by atomic mass is 28.1. The molecule has 0 atom stereocenters. The number of hydrogen-bond donors (Lipinski definition) is 0. The van der Waals surface area contributed by atoms with Gasteiger partial charge in [-0.15, -0.1) is 0 Å². The van der Waals surface area contributed by atoms with Gasteiger partial charge in [-0.2, -0.15) is 0 Å². The minimum atomic E-state index is 0.660. The minimum absolute atomic E-state index is 0.660. The number of oxazole rings is 1. The van der Waals surface area contributed by atoms with Crippen molar-refractivity contribution in [2.45, 2.75) is 0 Å². The van der Waals surface area contributed by atoms with E-state index in [0.717, 1.165) is 21.8 Å². The lowest BCUT2D eigenvalue weighted by Gasteiger charge is -1.95. The predicted octanol–water partition coefficient (Wildman–Crippen LogP) is 2.29. The van der Waals surface area contributed by atoms with E-state index >= 15 is 0 Å². The third-order valence-corrected chi connectivity index (χ3v) is 2.76. The molecule has 0 bridgehead atoms. The van der Waals surface area contributed by atoms with Crippen molar-refractivity contribution in [2.24, 2.45) is 0 Å². The summed E-state index contributed by atoms with van der Waals surface area (Å²) in [6, 6.07) is 15.7. The summed E-state index contributed by atoms with van der Waals surface area (Å²) in [5.41, 5.74) is 2.69. The number of para-hydroxylation sites is 2. The third-order valence-electron chi connectivity index (χ3n) is 2.43. The van der Waals surface area contributed by atoms with Gasteiger partial charge in [0.05, 0.1) is 10.2 Å². The maximum absolute atomic E-state index is 5.67. The first-order chi connectivity index (χ1) is 7.83. The molecule has 0 saturated heterocycles. The van der Waals surface area contributed by atoms with Crippen LogP contribution in [0.4, 0.5) is 0 Å². The van der Waals surface area contributed by atoms with Crippen LogP contribution in [-0.2, 0) is 0 Å². The molecule has 1 heterocycles. The smallest absolute Gasteiger partial charge is 0.227 e. The number of fused-ring (bicyclic) bond motifs is 1. The third kappa shape index (κ3) is 1.55. The molecule has 0 N–H and O–H groups in total. The zero-order valence-corrected chi connectivity index (χ0v) is 9.47. The van der Waals surface area contributed by atoms with Gasteiger partial charge in [0.25, 0.3) is 0 Å². The second kappa shape index (κ2) is 3.61. The highest BCUT2D eigenvalue weighted by Crippen LogP contribution is 2.22. The van der Waals surface area contributed by atoms with Crippen molar-refractivity contribution in [1.82, 2.24) is 4.98 Å². The highest BCUT2D eigenvalue weighted by Gasteiger charge is 2.06. The Morgan fingerprint density at radius 3 is 2.44 bits per heavy atom. The number of hydrogen-bond acceptors (Lipinski definition) is 2. The van der Waals surface area contributed by atoms with Gasteiger partial charge in [-0.05, 0) is 24.3 Å². The molecule has 0 spiro atoms. The van der Waals surface area contributed by atoms with Gasteiger partial charge < -0.3 is 4.42 Å². The lowest BCUT2D eigenvalue weighted by atomic mass is 10.2. The fraction of sp³-hybridized carbons (Fsp3) is 0. The molecule has 3 heteroatoms. The fourth-order valence-electron chi connectivity index (χ4n) is 1.61. The van der Waals surface area contributed by atoms with Gasteiger partial charge in [0.1, 0.15) is 5.52 Å². The van der Waals surface area contributed by atoms with Gasteiger partial charge in [0.2, 0.25) is 5.89 Å². The largest absolute Gasteiger partial charge is 0.436 e. The number of benzene rings is 2. The van der Waals surface area contributed by atoms with Crippen molar-refractivity contribution in [2.75, 3.05) is 0 Å². The minimum Gasteiger partial charge on any atom is -0.436 e. The quantitative estimate of drug-likeness (QED) is 0.590. The second-order valence-electron chi connectivity index (χ2n) is 3.56. The first kappa shape index (κ1) is 9.36.